The SMILES string of the molecule is O=C1NC2(CCOC2)C(=O)N1c1cc(Cl)cc(Cl)c1. The summed E-state index contributed by atoms with van der Waals surface area (Å²) < 4.78 is 5.22. The first-order valence-electron chi connectivity index (χ1n) is 5.72. The lowest BCUT2D eigenvalue weighted by molar-refractivity contribution is -0.122. The predicted molar refractivity (Wildman–Crippen MR) is 70.6 cm³/mol. The van der Waals surface area contributed by atoms with Crippen LogP contribution in [0.2, 0.25) is 10.0 Å². The van der Waals surface area contributed by atoms with E-state index in [1.54, 1.807) is 6.07 Å². The number of benzene rings is 1. The highest BCUT2D eigenvalue weighted by Gasteiger charge is 2.54. The zero-order valence-corrected chi connectivity index (χ0v) is 11.3. The van der Waals surface area contributed by atoms with Crippen molar-refractivity contribution < 1.29 is 14.3 Å². The lowest BCUT2D eigenvalue weighted by Gasteiger charge is -2.18. The van der Waals surface area contributed by atoms with Crippen LogP contribution in [0.4, 0.5) is 10.5 Å². The van der Waals surface area contributed by atoms with Gasteiger partial charge in [0.2, 0.25) is 0 Å². The molecule has 1 atom stereocenters. The minimum atomic E-state index is -0.939. The van der Waals surface area contributed by atoms with Gasteiger partial charge in [-0.25, -0.2) is 9.69 Å². The standard InChI is InChI=1S/C12H10Cl2N2O3/c13-7-3-8(14)5-9(4-7)16-10(17)12(15-11(16)18)1-2-19-6-12/h3-5H,1-2,6H2,(H,15,18). The van der Waals surface area contributed by atoms with Gasteiger partial charge in [0, 0.05) is 23.1 Å². The molecule has 2 saturated heterocycles. The number of urea groups is 1. The molecule has 3 amide bonds. The number of nitrogens with one attached hydrogen (secondary N) is 1. The zero-order chi connectivity index (χ0) is 13.6. The largest absolute Gasteiger partial charge is 0.378 e. The molecule has 0 saturated carbocycles. The van der Waals surface area contributed by atoms with Gasteiger partial charge in [-0.3, -0.25) is 4.79 Å². The maximum atomic E-state index is 12.4. The summed E-state index contributed by atoms with van der Waals surface area (Å²) in [6, 6.07) is 4.12. The Hall–Kier alpha value is -1.30. The molecule has 2 aliphatic rings. The lowest BCUT2D eigenvalue weighted by Crippen LogP contribution is -2.47. The Balaban J connectivity index is 2.01. The molecule has 1 unspecified atom stereocenters. The molecule has 1 aromatic carbocycles. The number of hydrogen-bond donors (Lipinski definition) is 1. The van der Waals surface area contributed by atoms with Crippen LogP contribution in [0, 0.1) is 0 Å². The molecule has 0 aliphatic carbocycles. The number of rotatable bonds is 1. The highest BCUT2D eigenvalue weighted by atomic mass is 35.5. The number of imide groups is 1. The van der Waals surface area contributed by atoms with E-state index in [0.717, 1.165) is 4.90 Å². The van der Waals surface area contributed by atoms with Crippen LogP contribution >= 0.6 is 23.2 Å². The molecule has 5 nitrogen and oxygen atoms in total. The molecule has 1 spiro atoms. The van der Waals surface area contributed by atoms with Crippen molar-refractivity contribution in [2.24, 2.45) is 0 Å². The van der Waals surface area contributed by atoms with Gasteiger partial charge >= 0.3 is 6.03 Å². The number of nitrogens with zero attached hydrogens (tertiary/aromatic N) is 1. The van der Waals surface area contributed by atoms with E-state index in [4.69, 9.17) is 27.9 Å². The van der Waals surface area contributed by atoms with E-state index in [2.05, 4.69) is 5.32 Å². The minimum absolute atomic E-state index is 0.197. The average Bonchev–Trinajstić information content (AvgIpc) is 2.85. The smallest absolute Gasteiger partial charge is 0.329 e. The Morgan fingerprint density at radius 1 is 1.21 bits per heavy atom. The Morgan fingerprint density at radius 3 is 2.47 bits per heavy atom. The Bertz CT molecular complexity index is 550. The third-order valence-corrected chi connectivity index (χ3v) is 3.73. The Labute approximate surface area is 119 Å². The van der Waals surface area contributed by atoms with Gasteiger partial charge in [-0.1, -0.05) is 23.2 Å². The van der Waals surface area contributed by atoms with Crippen LogP contribution in [0.1, 0.15) is 6.42 Å². The summed E-state index contributed by atoms with van der Waals surface area (Å²) in [5.41, 5.74) is -0.574. The van der Waals surface area contributed by atoms with Gasteiger partial charge in [-0.05, 0) is 18.2 Å². The van der Waals surface area contributed by atoms with E-state index in [1.165, 1.54) is 12.1 Å². The van der Waals surface area contributed by atoms with Gasteiger partial charge in [0.25, 0.3) is 5.91 Å². The highest BCUT2D eigenvalue weighted by Crippen LogP contribution is 2.33. The number of hydrogen-bond acceptors (Lipinski definition) is 3. The second kappa shape index (κ2) is 4.37. The van der Waals surface area contributed by atoms with Crippen molar-refractivity contribution in [3.05, 3.63) is 28.2 Å². The number of ether oxygens (including phenoxy) is 1. The van der Waals surface area contributed by atoms with Gasteiger partial charge < -0.3 is 10.1 Å². The molecule has 1 aromatic rings. The maximum Gasteiger partial charge on any atom is 0.329 e. The zero-order valence-electron chi connectivity index (χ0n) is 9.78. The first-order chi connectivity index (χ1) is 9.02. The summed E-state index contributed by atoms with van der Waals surface area (Å²) in [6.07, 6.45) is 0.475. The quantitative estimate of drug-likeness (QED) is 0.809. The molecule has 0 aromatic heterocycles. The molecule has 0 radical (unpaired) electrons. The minimum Gasteiger partial charge on any atom is -0.378 e. The maximum absolute atomic E-state index is 12.4. The van der Waals surface area contributed by atoms with Gasteiger partial charge in [0.05, 0.1) is 12.3 Å². The van der Waals surface area contributed by atoms with E-state index in [1.807, 2.05) is 0 Å². The third-order valence-electron chi connectivity index (χ3n) is 3.29. The molecule has 100 valence electrons. The van der Waals surface area contributed by atoms with Crippen LogP contribution in [-0.4, -0.2) is 30.7 Å². The molecular weight excluding hydrogens is 291 g/mol. The summed E-state index contributed by atoms with van der Waals surface area (Å²) in [4.78, 5) is 25.5. The van der Waals surface area contributed by atoms with E-state index < -0.39 is 11.6 Å². The van der Waals surface area contributed by atoms with Gasteiger partial charge in [-0.15, -0.1) is 0 Å². The number of anilines is 1. The molecule has 2 heterocycles. The fraction of sp³-hybridized carbons (Fsp3) is 0.333. The summed E-state index contributed by atoms with van der Waals surface area (Å²) in [7, 11) is 0. The first-order valence-corrected chi connectivity index (χ1v) is 6.48. The van der Waals surface area contributed by atoms with Crippen LogP contribution in [0.3, 0.4) is 0 Å². The molecule has 3 rings (SSSR count). The highest BCUT2D eigenvalue weighted by molar-refractivity contribution is 6.35. The topological polar surface area (TPSA) is 58.6 Å². The number of halogens is 2. The van der Waals surface area contributed by atoms with Crippen molar-refractivity contribution in [2.75, 3.05) is 18.1 Å². The van der Waals surface area contributed by atoms with Crippen LogP contribution in [0.25, 0.3) is 0 Å². The molecule has 7 heteroatoms. The second-order valence-electron chi connectivity index (χ2n) is 4.58. The molecule has 2 aliphatic heterocycles. The molecule has 2 fully saturated rings. The van der Waals surface area contributed by atoms with Crippen molar-refractivity contribution >= 4 is 40.8 Å². The molecule has 1 N–H and O–H groups in total. The van der Waals surface area contributed by atoms with E-state index in [9.17, 15) is 9.59 Å². The van der Waals surface area contributed by atoms with Crippen LogP contribution in [0.5, 0.6) is 0 Å². The average molecular weight is 301 g/mol. The molecule has 0 bridgehead atoms. The van der Waals surface area contributed by atoms with Crippen molar-refractivity contribution in [2.45, 2.75) is 12.0 Å². The van der Waals surface area contributed by atoms with Gasteiger partial charge in [0.15, 0.2) is 0 Å². The monoisotopic (exact) mass is 300 g/mol. The van der Waals surface area contributed by atoms with Crippen LogP contribution in [0.15, 0.2) is 18.2 Å². The van der Waals surface area contributed by atoms with Crippen molar-refractivity contribution in [1.82, 2.24) is 5.32 Å². The van der Waals surface area contributed by atoms with E-state index in [-0.39, 0.29) is 12.5 Å². The number of carbonyl (C=O) groups excluding carboxylic acids is 2. The summed E-state index contributed by atoms with van der Waals surface area (Å²) in [6.45, 7) is 0.651. The van der Waals surface area contributed by atoms with Crippen LogP contribution in [-0.2, 0) is 9.53 Å². The van der Waals surface area contributed by atoms with Crippen molar-refractivity contribution in [3.63, 3.8) is 0 Å². The number of carbonyl (C=O) groups is 2. The first kappa shape index (κ1) is 12.7. The normalized spacial score (nSPS) is 26.3. The number of amides is 3. The summed E-state index contributed by atoms with van der Waals surface area (Å²) in [5, 5.41) is 3.43. The van der Waals surface area contributed by atoms with Crippen molar-refractivity contribution in [1.29, 1.82) is 0 Å². The Morgan fingerprint density at radius 2 is 1.89 bits per heavy atom. The predicted octanol–water partition coefficient (Wildman–Crippen LogP) is 2.21. The third kappa shape index (κ3) is 1.98. The summed E-state index contributed by atoms with van der Waals surface area (Å²) in [5.74, 6) is -0.326. The molecule has 19 heavy (non-hydrogen) atoms. The van der Waals surface area contributed by atoms with Gasteiger partial charge in [0.1, 0.15) is 5.54 Å². The van der Waals surface area contributed by atoms with Crippen LogP contribution < -0.4 is 10.2 Å². The fourth-order valence-corrected chi connectivity index (χ4v) is 2.87. The lowest BCUT2D eigenvalue weighted by atomic mass is 9.99. The Kier molecular flexibility index (Phi) is 2.92. The van der Waals surface area contributed by atoms with E-state index >= 15 is 0 Å². The van der Waals surface area contributed by atoms with E-state index in [0.29, 0.717) is 28.8 Å². The van der Waals surface area contributed by atoms with Crippen molar-refractivity contribution in [3.8, 4) is 0 Å². The van der Waals surface area contributed by atoms with Gasteiger partial charge in [-0.2, -0.15) is 0 Å². The molecular formula is C12H10Cl2N2O3. The second-order valence-corrected chi connectivity index (χ2v) is 5.46. The fourth-order valence-electron chi connectivity index (χ4n) is 2.36. The summed E-state index contributed by atoms with van der Waals surface area (Å²) >= 11 is 11.8.